The number of benzene rings is 1. The molecule has 0 unspecified atom stereocenters. The highest BCUT2D eigenvalue weighted by molar-refractivity contribution is 6.04. The van der Waals surface area contributed by atoms with Crippen LogP contribution in [0.4, 0.5) is 5.82 Å². The molecule has 7 heteroatoms. The van der Waals surface area contributed by atoms with Crippen LogP contribution in [0, 0.1) is 0 Å². The van der Waals surface area contributed by atoms with Gasteiger partial charge in [-0.25, -0.2) is 4.98 Å². The molecule has 1 amide bonds. The second-order valence-electron chi connectivity index (χ2n) is 4.64. The van der Waals surface area contributed by atoms with Crippen LogP contribution in [-0.2, 0) is 0 Å². The number of aromatic nitrogens is 1. The van der Waals surface area contributed by atoms with E-state index in [9.17, 15) is 4.79 Å². The number of fused-ring (bicyclic) bond motifs is 1. The van der Waals surface area contributed by atoms with Gasteiger partial charge in [-0.2, -0.15) is 0 Å². The number of carbonyl (C=O) groups is 1. The lowest BCUT2D eigenvalue weighted by molar-refractivity contribution is 0.102. The van der Waals surface area contributed by atoms with Gasteiger partial charge in [-0.1, -0.05) is 6.07 Å². The van der Waals surface area contributed by atoms with Gasteiger partial charge in [-0.3, -0.25) is 4.79 Å². The van der Waals surface area contributed by atoms with Crippen LogP contribution in [0.1, 0.15) is 10.4 Å². The number of methoxy groups -OCH3 is 1. The third-order valence-electron chi connectivity index (χ3n) is 3.20. The maximum Gasteiger partial charge on any atom is 0.268 e. The summed E-state index contributed by atoms with van der Waals surface area (Å²) < 4.78 is 10.6. The summed E-state index contributed by atoms with van der Waals surface area (Å²) in [4.78, 5) is 16.4. The van der Waals surface area contributed by atoms with Crippen molar-refractivity contribution in [3.63, 3.8) is 0 Å². The fourth-order valence-corrected chi connectivity index (χ4v) is 2.09. The number of rotatable bonds is 3. The van der Waals surface area contributed by atoms with Gasteiger partial charge in [0.05, 0.1) is 7.11 Å². The van der Waals surface area contributed by atoms with Crippen molar-refractivity contribution in [2.45, 2.75) is 0 Å². The minimum atomic E-state index is -0.495. The van der Waals surface area contributed by atoms with Crippen molar-refractivity contribution in [2.24, 2.45) is 5.16 Å². The van der Waals surface area contributed by atoms with Crippen LogP contribution in [-0.4, -0.2) is 23.2 Å². The van der Waals surface area contributed by atoms with Crippen molar-refractivity contribution in [2.75, 3.05) is 12.4 Å². The van der Waals surface area contributed by atoms with Gasteiger partial charge in [-0.05, 0) is 41.6 Å². The summed E-state index contributed by atoms with van der Waals surface area (Å²) in [5, 5.41) is 15.4. The molecule has 2 aromatic heterocycles. The first-order valence-corrected chi connectivity index (χ1v) is 6.73. The zero-order valence-electron chi connectivity index (χ0n) is 12.2. The Bertz CT molecular complexity index is 920. The van der Waals surface area contributed by atoms with E-state index >= 15 is 0 Å². The van der Waals surface area contributed by atoms with Gasteiger partial charge in [0.2, 0.25) is 0 Å². The molecule has 7 nitrogen and oxygen atoms in total. The van der Waals surface area contributed by atoms with E-state index in [1.54, 1.807) is 55.8 Å². The van der Waals surface area contributed by atoms with Crippen LogP contribution in [0.5, 0.6) is 5.75 Å². The van der Waals surface area contributed by atoms with Crippen LogP contribution >= 0.6 is 0 Å². The molecule has 0 fully saturated rings. The fraction of sp³-hybridized carbons (Fsp3) is 0.0625. The summed E-state index contributed by atoms with van der Waals surface area (Å²) in [6, 6.07) is 11.8. The van der Waals surface area contributed by atoms with Crippen molar-refractivity contribution in [1.82, 2.24) is 4.98 Å². The van der Waals surface area contributed by atoms with Crippen molar-refractivity contribution >= 4 is 22.7 Å². The number of hydrogen-bond donors (Lipinski definition) is 2. The van der Waals surface area contributed by atoms with E-state index in [4.69, 9.17) is 14.4 Å². The first-order valence-electron chi connectivity index (χ1n) is 6.73. The number of ether oxygens (including phenoxy) is 1. The van der Waals surface area contributed by atoms with Crippen LogP contribution in [0.3, 0.4) is 0 Å². The van der Waals surface area contributed by atoms with Gasteiger partial charge < -0.3 is 19.7 Å². The van der Waals surface area contributed by atoms with Crippen LogP contribution in [0.2, 0.25) is 0 Å². The summed E-state index contributed by atoms with van der Waals surface area (Å²) in [6.45, 7) is 0. The molecule has 0 saturated carbocycles. The van der Waals surface area contributed by atoms with E-state index in [2.05, 4.69) is 15.5 Å². The second kappa shape index (κ2) is 6.18. The molecule has 0 aliphatic rings. The highest BCUT2D eigenvalue weighted by atomic mass is 16.5. The van der Waals surface area contributed by atoms with E-state index < -0.39 is 5.91 Å². The van der Waals surface area contributed by atoms with Gasteiger partial charge in [0.15, 0.2) is 0 Å². The molecule has 3 aromatic rings. The fourth-order valence-electron chi connectivity index (χ4n) is 2.09. The van der Waals surface area contributed by atoms with Crippen LogP contribution in [0.15, 0.2) is 58.2 Å². The molecule has 0 bridgehead atoms. The number of nitrogens with zero attached hydrogens (tertiary/aromatic N) is 2. The smallest absolute Gasteiger partial charge is 0.268 e. The second-order valence-corrected chi connectivity index (χ2v) is 4.64. The average Bonchev–Trinajstić information content (AvgIpc) is 2.60. The molecule has 0 radical (unpaired) electrons. The van der Waals surface area contributed by atoms with E-state index in [1.807, 2.05) is 0 Å². The predicted molar refractivity (Wildman–Crippen MR) is 82.3 cm³/mol. The maximum absolute atomic E-state index is 12.4. The molecule has 0 aliphatic carbocycles. The average molecular weight is 311 g/mol. The zero-order valence-corrected chi connectivity index (χ0v) is 12.2. The lowest BCUT2D eigenvalue weighted by atomic mass is 10.1. The van der Waals surface area contributed by atoms with Gasteiger partial charge in [0.25, 0.3) is 11.5 Å². The van der Waals surface area contributed by atoms with Crippen molar-refractivity contribution in [3.05, 3.63) is 59.8 Å². The zero-order chi connectivity index (χ0) is 16.2. The minimum Gasteiger partial charge on any atom is -0.497 e. The third kappa shape index (κ3) is 2.98. The number of hydrogen-bond acceptors (Lipinski definition) is 6. The number of nitrogens with one attached hydrogen (secondary N) is 1. The van der Waals surface area contributed by atoms with Crippen molar-refractivity contribution in [3.8, 4) is 5.75 Å². The number of pyridine rings is 1. The largest absolute Gasteiger partial charge is 0.497 e. The van der Waals surface area contributed by atoms with Gasteiger partial charge in [-0.15, -0.1) is 0 Å². The lowest BCUT2D eigenvalue weighted by Crippen LogP contribution is -2.22. The molecule has 116 valence electrons. The number of amides is 1. The summed E-state index contributed by atoms with van der Waals surface area (Å²) in [5.74, 6) is 0.509. The van der Waals surface area contributed by atoms with Crippen molar-refractivity contribution < 1.29 is 19.2 Å². The quantitative estimate of drug-likeness (QED) is 0.572. The Morgan fingerprint density at radius 2 is 2.17 bits per heavy atom. The third-order valence-corrected chi connectivity index (χ3v) is 3.20. The Kier molecular flexibility index (Phi) is 3.92. The maximum atomic E-state index is 12.4. The molecule has 3 rings (SSSR count). The number of anilines is 1. The first-order chi connectivity index (χ1) is 11.2. The lowest BCUT2D eigenvalue weighted by Gasteiger charge is -2.06. The van der Waals surface area contributed by atoms with Crippen LogP contribution < -0.4 is 15.6 Å². The Morgan fingerprint density at radius 3 is 2.87 bits per heavy atom. The molecule has 23 heavy (non-hydrogen) atoms. The Morgan fingerprint density at radius 1 is 1.30 bits per heavy atom. The van der Waals surface area contributed by atoms with Gasteiger partial charge in [0.1, 0.15) is 22.7 Å². The van der Waals surface area contributed by atoms with E-state index in [0.29, 0.717) is 22.5 Å². The SMILES string of the molecule is COc1ccc2o/c(=N/O)c(C(=O)Nc3ccccn3)cc2c1. The standard InChI is InChI=1S/C16H13N3O4/c1-22-11-5-6-13-10(8-11)9-12(16(19-21)23-13)15(20)18-14-4-2-3-7-17-14/h2-9,21H,1H3,(H,17,18,20)/b19-16+. The van der Waals surface area contributed by atoms with Gasteiger partial charge >= 0.3 is 0 Å². The molecule has 0 aliphatic heterocycles. The summed E-state index contributed by atoms with van der Waals surface area (Å²) >= 11 is 0. The van der Waals surface area contributed by atoms with Crippen LogP contribution in [0.25, 0.3) is 11.0 Å². The van der Waals surface area contributed by atoms with E-state index in [1.165, 1.54) is 0 Å². The van der Waals surface area contributed by atoms with Gasteiger partial charge in [0, 0.05) is 11.6 Å². The summed E-state index contributed by atoms with van der Waals surface area (Å²) in [6.07, 6.45) is 1.56. The normalized spacial score (nSPS) is 11.4. The molecule has 1 aromatic carbocycles. The molecule has 0 atom stereocenters. The minimum absolute atomic E-state index is 0.0823. The molecule has 2 heterocycles. The predicted octanol–water partition coefficient (Wildman–Crippen LogP) is 2.38. The van der Waals surface area contributed by atoms with E-state index in [-0.39, 0.29) is 11.1 Å². The Hall–Kier alpha value is -3.35. The molecular weight excluding hydrogens is 298 g/mol. The Balaban J connectivity index is 2.06. The highest BCUT2D eigenvalue weighted by Gasteiger charge is 2.14. The molecular formula is C16H13N3O4. The monoisotopic (exact) mass is 311 g/mol. The highest BCUT2D eigenvalue weighted by Crippen LogP contribution is 2.20. The first kappa shape index (κ1) is 14.6. The molecule has 0 saturated heterocycles. The summed E-state index contributed by atoms with van der Waals surface area (Å²) in [7, 11) is 1.55. The summed E-state index contributed by atoms with van der Waals surface area (Å²) in [5.41, 5.74) is 0.364. The Labute approximate surface area is 130 Å². The molecule has 0 spiro atoms. The van der Waals surface area contributed by atoms with E-state index in [0.717, 1.165) is 0 Å². The number of carbonyl (C=O) groups excluding carboxylic acids is 1. The molecule has 2 N–H and O–H groups in total. The van der Waals surface area contributed by atoms with Crippen molar-refractivity contribution in [1.29, 1.82) is 0 Å². The topological polar surface area (TPSA) is 97.0 Å².